The predicted molar refractivity (Wildman–Crippen MR) is 56.0 cm³/mol. The second kappa shape index (κ2) is 5.22. The molecule has 3 heteroatoms. The van der Waals surface area contributed by atoms with Gasteiger partial charge in [-0.15, -0.1) is 0 Å². The van der Waals surface area contributed by atoms with Gasteiger partial charge in [-0.05, 0) is 12.3 Å². The summed E-state index contributed by atoms with van der Waals surface area (Å²) in [5.74, 6) is 0.807. The highest BCUT2D eigenvalue weighted by Crippen LogP contribution is 2.19. The smallest absolute Gasteiger partial charge is 0.0963 e. The number of ether oxygens (including phenoxy) is 1. The van der Waals surface area contributed by atoms with E-state index < -0.39 is 0 Å². The lowest BCUT2D eigenvalue weighted by Crippen LogP contribution is -2.32. The quantitative estimate of drug-likeness (QED) is 0.379. The van der Waals surface area contributed by atoms with Crippen molar-refractivity contribution in [3.8, 4) is 0 Å². The van der Waals surface area contributed by atoms with Gasteiger partial charge in [0.05, 0.1) is 5.84 Å². The van der Waals surface area contributed by atoms with Gasteiger partial charge in [0.1, 0.15) is 0 Å². The molecule has 0 radical (unpaired) electrons. The first-order chi connectivity index (χ1) is 5.86. The molecule has 0 rings (SSSR count). The Morgan fingerprint density at radius 3 is 2.38 bits per heavy atom. The van der Waals surface area contributed by atoms with Gasteiger partial charge in [0.15, 0.2) is 0 Å². The lowest BCUT2D eigenvalue weighted by Gasteiger charge is -2.22. The molecule has 3 nitrogen and oxygen atoms in total. The number of rotatable bonds is 6. The Bertz CT molecular complexity index is 164. The molecule has 0 amide bonds. The summed E-state index contributed by atoms with van der Waals surface area (Å²) in [4.78, 5) is 0. The summed E-state index contributed by atoms with van der Waals surface area (Å²) in [6, 6.07) is 0. The lowest BCUT2D eigenvalue weighted by atomic mass is 9.88. The monoisotopic (exact) mass is 186 g/mol. The van der Waals surface area contributed by atoms with Crippen molar-refractivity contribution in [3.05, 3.63) is 0 Å². The number of nitrogens with one attached hydrogen (secondary N) is 1. The molecule has 0 fully saturated rings. The standard InChI is InChI=1S/C10H22N2O/c1-8(2)7-13-6-5-10(3,4)9(11)12/h8H,5-7H2,1-4H3,(H3,11,12). The van der Waals surface area contributed by atoms with Gasteiger partial charge in [-0.25, -0.2) is 0 Å². The molecule has 0 aliphatic carbocycles. The van der Waals surface area contributed by atoms with Crippen LogP contribution in [0.15, 0.2) is 0 Å². The number of nitrogens with two attached hydrogens (primary N) is 1. The Morgan fingerprint density at radius 1 is 1.46 bits per heavy atom. The van der Waals surface area contributed by atoms with E-state index in [-0.39, 0.29) is 11.3 Å². The van der Waals surface area contributed by atoms with Crippen LogP contribution in [0.25, 0.3) is 0 Å². The number of hydrogen-bond donors (Lipinski definition) is 2. The molecule has 3 N–H and O–H groups in total. The Labute approximate surface area is 81.2 Å². The lowest BCUT2D eigenvalue weighted by molar-refractivity contribution is 0.0949. The molecule has 0 atom stereocenters. The minimum absolute atomic E-state index is 0.225. The molecule has 0 aliphatic heterocycles. The van der Waals surface area contributed by atoms with E-state index >= 15 is 0 Å². The summed E-state index contributed by atoms with van der Waals surface area (Å²) < 4.78 is 5.43. The molecule has 0 unspecified atom stereocenters. The van der Waals surface area contributed by atoms with Gasteiger partial charge in [0.2, 0.25) is 0 Å². The van der Waals surface area contributed by atoms with Gasteiger partial charge < -0.3 is 10.5 Å². The molecule has 13 heavy (non-hydrogen) atoms. The zero-order valence-electron chi connectivity index (χ0n) is 9.18. The van der Waals surface area contributed by atoms with Crippen molar-refractivity contribution in [2.45, 2.75) is 34.1 Å². The van der Waals surface area contributed by atoms with Crippen LogP contribution in [0.2, 0.25) is 0 Å². The van der Waals surface area contributed by atoms with Crippen LogP contribution in [0.3, 0.4) is 0 Å². The van der Waals surface area contributed by atoms with Crippen molar-refractivity contribution >= 4 is 5.84 Å². The molecule has 0 aliphatic rings. The molecule has 78 valence electrons. The average molecular weight is 186 g/mol. The van der Waals surface area contributed by atoms with Gasteiger partial charge >= 0.3 is 0 Å². The third-order valence-electron chi connectivity index (χ3n) is 2.05. The van der Waals surface area contributed by atoms with Crippen molar-refractivity contribution in [1.29, 1.82) is 5.41 Å². The van der Waals surface area contributed by atoms with Crippen molar-refractivity contribution in [2.24, 2.45) is 17.1 Å². The third-order valence-corrected chi connectivity index (χ3v) is 2.05. The zero-order chi connectivity index (χ0) is 10.5. The number of amidine groups is 1. The minimum atomic E-state index is -0.225. The van der Waals surface area contributed by atoms with E-state index in [2.05, 4.69) is 13.8 Å². The maximum absolute atomic E-state index is 7.34. The van der Waals surface area contributed by atoms with Crippen molar-refractivity contribution in [3.63, 3.8) is 0 Å². The first-order valence-corrected chi connectivity index (χ1v) is 4.78. The van der Waals surface area contributed by atoms with Gasteiger partial charge in [-0.1, -0.05) is 27.7 Å². The highest BCUT2D eigenvalue weighted by Gasteiger charge is 2.20. The van der Waals surface area contributed by atoms with E-state index in [1.54, 1.807) is 0 Å². The molecule has 0 heterocycles. The van der Waals surface area contributed by atoms with E-state index in [4.69, 9.17) is 15.9 Å². The fourth-order valence-corrected chi connectivity index (χ4v) is 0.781. The van der Waals surface area contributed by atoms with Crippen LogP contribution in [0.1, 0.15) is 34.1 Å². The van der Waals surface area contributed by atoms with Gasteiger partial charge in [0, 0.05) is 18.6 Å². The molecular formula is C10H22N2O. The first kappa shape index (κ1) is 12.4. The zero-order valence-corrected chi connectivity index (χ0v) is 9.18. The largest absolute Gasteiger partial charge is 0.387 e. The highest BCUT2D eigenvalue weighted by molar-refractivity contribution is 5.82. The van der Waals surface area contributed by atoms with Crippen molar-refractivity contribution in [2.75, 3.05) is 13.2 Å². The first-order valence-electron chi connectivity index (χ1n) is 4.78. The molecule has 0 saturated carbocycles. The number of hydrogen-bond acceptors (Lipinski definition) is 2. The van der Waals surface area contributed by atoms with Crippen LogP contribution in [-0.2, 0) is 4.74 Å². The molecule has 0 saturated heterocycles. The summed E-state index contributed by atoms with van der Waals surface area (Å²) in [5, 5.41) is 7.34. The maximum atomic E-state index is 7.34. The Kier molecular flexibility index (Phi) is 4.99. The van der Waals surface area contributed by atoms with Gasteiger partial charge in [-0.3, -0.25) is 5.41 Å². The van der Waals surface area contributed by atoms with E-state index in [1.807, 2.05) is 13.8 Å². The molecule has 0 spiro atoms. The normalized spacial score (nSPS) is 12.1. The summed E-state index contributed by atoms with van der Waals surface area (Å²) in [7, 11) is 0. The minimum Gasteiger partial charge on any atom is -0.387 e. The van der Waals surface area contributed by atoms with Crippen LogP contribution in [-0.4, -0.2) is 19.0 Å². The van der Waals surface area contributed by atoms with Crippen LogP contribution < -0.4 is 5.73 Å². The molecule has 0 aromatic rings. The average Bonchev–Trinajstić information content (AvgIpc) is 1.97. The van der Waals surface area contributed by atoms with E-state index in [9.17, 15) is 0 Å². The van der Waals surface area contributed by atoms with Gasteiger partial charge in [0.25, 0.3) is 0 Å². The maximum Gasteiger partial charge on any atom is 0.0963 e. The highest BCUT2D eigenvalue weighted by atomic mass is 16.5. The fraction of sp³-hybridized carbons (Fsp3) is 0.900. The van der Waals surface area contributed by atoms with Crippen LogP contribution >= 0.6 is 0 Å². The molecule has 0 aromatic heterocycles. The third kappa shape index (κ3) is 5.64. The van der Waals surface area contributed by atoms with Crippen LogP contribution in [0, 0.1) is 16.7 Å². The molecule has 0 bridgehead atoms. The van der Waals surface area contributed by atoms with E-state index in [0.717, 1.165) is 13.0 Å². The Morgan fingerprint density at radius 2 is 2.00 bits per heavy atom. The van der Waals surface area contributed by atoms with Crippen LogP contribution in [0.5, 0.6) is 0 Å². The summed E-state index contributed by atoms with van der Waals surface area (Å²) in [5.41, 5.74) is 5.21. The second-order valence-electron chi connectivity index (χ2n) is 4.52. The van der Waals surface area contributed by atoms with Gasteiger partial charge in [-0.2, -0.15) is 0 Å². The van der Waals surface area contributed by atoms with Crippen molar-refractivity contribution < 1.29 is 4.74 Å². The van der Waals surface area contributed by atoms with Crippen molar-refractivity contribution in [1.82, 2.24) is 0 Å². The van der Waals surface area contributed by atoms with E-state index in [1.165, 1.54) is 0 Å². The second-order valence-corrected chi connectivity index (χ2v) is 4.52. The summed E-state index contributed by atoms with van der Waals surface area (Å²) in [6.45, 7) is 9.65. The molecular weight excluding hydrogens is 164 g/mol. The predicted octanol–water partition coefficient (Wildman–Crippen LogP) is 2.01. The summed E-state index contributed by atoms with van der Waals surface area (Å²) >= 11 is 0. The summed E-state index contributed by atoms with van der Waals surface area (Å²) in [6.07, 6.45) is 0.815. The van der Waals surface area contributed by atoms with E-state index in [0.29, 0.717) is 12.5 Å². The Hall–Kier alpha value is -0.570. The topological polar surface area (TPSA) is 59.1 Å². The fourth-order valence-electron chi connectivity index (χ4n) is 0.781. The SMILES string of the molecule is CC(C)COCCC(C)(C)C(=N)N. The Balaban J connectivity index is 3.58. The molecule has 0 aromatic carbocycles. The van der Waals surface area contributed by atoms with Crippen LogP contribution in [0.4, 0.5) is 0 Å².